The molecule has 1 rings (SSSR count). The third kappa shape index (κ3) is 3.66. The first-order valence-corrected chi connectivity index (χ1v) is 6.23. The highest BCUT2D eigenvalue weighted by Gasteiger charge is 2.20. The molecule has 0 fully saturated rings. The predicted molar refractivity (Wildman–Crippen MR) is 71.5 cm³/mol. The molecule has 3 N–H and O–H groups in total. The molecule has 0 bridgehead atoms. The second-order valence-corrected chi connectivity index (χ2v) is 4.31. The van der Waals surface area contributed by atoms with Crippen LogP contribution in [-0.4, -0.2) is 47.8 Å². The third-order valence-corrected chi connectivity index (χ3v) is 3.10. The fourth-order valence-corrected chi connectivity index (χ4v) is 2.01. The van der Waals surface area contributed by atoms with Crippen molar-refractivity contribution in [1.82, 2.24) is 9.88 Å². The van der Waals surface area contributed by atoms with Gasteiger partial charge >= 0.3 is 0 Å². The highest BCUT2D eigenvalue weighted by Crippen LogP contribution is 2.26. The van der Waals surface area contributed by atoms with Crippen LogP contribution >= 0.6 is 0 Å². The van der Waals surface area contributed by atoms with Crippen LogP contribution in [0.2, 0.25) is 0 Å². The van der Waals surface area contributed by atoms with Gasteiger partial charge in [-0.1, -0.05) is 13.0 Å². The summed E-state index contributed by atoms with van der Waals surface area (Å²) < 4.78 is 5.27. The lowest BCUT2D eigenvalue weighted by Crippen LogP contribution is -2.41. The number of hydrogen-bond donors (Lipinski definition) is 2. The number of pyridine rings is 1. The molecule has 102 valence electrons. The minimum Gasteiger partial charge on any atom is -0.481 e. The van der Waals surface area contributed by atoms with Crippen molar-refractivity contribution in [3.8, 4) is 5.88 Å². The highest BCUT2D eigenvalue weighted by molar-refractivity contribution is 5.28. The van der Waals surface area contributed by atoms with Crippen LogP contribution in [0.4, 0.5) is 0 Å². The molecule has 0 amide bonds. The average molecular weight is 253 g/mol. The van der Waals surface area contributed by atoms with Gasteiger partial charge in [-0.2, -0.15) is 0 Å². The van der Waals surface area contributed by atoms with Gasteiger partial charge in [-0.15, -0.1) is 0 Å². The Hall–Kier alpha value is -1.17. The number of rotatable bonds is 7. The topological polar surface area (TPSA) is 71.6 Å². The molecule has 5 heteroatoms. The van der Waals surface area contributed by atoms with Gasteiger partial charge in [-0.05, 0) is 19.5 Å². The lowest BCUT2D eigenvalue weighted by Gasteiger charge is -2.30. The first kappa shape index (κ1) is 14.9. The highest BCUT2D eigenvalue weighted by atomic mass is 16.5. The molecule has 5 nitrogen and oxygen atoms in total. The van der Waals surface area contributed by atoms with Gasteiger partial charge in [0, 0.05) is 30.4 Å². The number of aromatic nitrogens is 1. The number of nitrogens with zero attached hydrogens (tertiary/aromatic N) is 2. The molecule has 18 heavy (non-hydrogen) atoms. The number of ether oxygens (including phenoxy) is 1. The van der Waals surface area contributed by atoms with Gasteiger partial charge in [0.25, 0.3) is 0 Å². The van der Waals surface area contributed by atoms with E-state index in [2.05, 4.69) is 23.7 Å². The molecule has 0 aliphatic carbocycles. The van der Waals surface area contributed by atoms with Gasteiger partial charge in [0.1, 0.15) is 0 Å². The number of likely N-dealkylation sites (N-methyl/N-ethyl adjacent to an activating group) is 1. The monoisotopic (exact) mass is 253 g/mol. The van der Waals surface area contributed by atoms with E-state index in [0.717, 1.165) is 12.1 Å². The van der Waals surface area contributed by atoms with Crippen molar-refractivity contribution in [3.05, 3.63) is 23.9 Å². The Morgan fingerprint density at radius 2 is 2.28 bits per heavy atom. The van der Waals surface area contributed by atoms with Crippen LogP contribution in [0.3, 0.4) is 0 Å². The SMILES string of the molecule is CCN(C[C@@H](N)CO)[C@H](C)c1cccnc1OC. The van der Waals surface area contributed by atoms with E-state index >= 15 is 0 Å². The number of aliphatic hydroxyl groups excluding tert-OH is 1. The number of aliphatic hydroxyl groups is 1. The first-order valence-electron chi connectivity index (χ1n) is 6.23. The second kappa shape index (κ2) is 7.31. The Labute approximate surface area is 109 Å². The Bertz CT molecular complexity index is 360. The van der Waals surface area contributed by atoms with Gasteiger partial charge in [-0.3, -0.25) is 4.90 Å². The quantitative estimate of drug-likeness (QED) is 0.752. The van der Waals surface area contributed by atoms with E-state index in [-0.39, 0.29) is 18.7 Å². The standard InChI is InChI=1S/C13H23N3O2/c1-4-16(8-11(14)9-17)10(2)12-6-5-7-15-13(12)18-3/h5-7,10-11,17H,4,8-9,14H2,1-3H3/t10-,11-/m1/s1. The average Bonchev–Trinajstić information content (AvgIpc) is 2.43. The van der Waals surface area contributed by atoms with E-state index in [1.165, 1.54) is 0 Å². The molecule has 0 unspecified atom stereocenters. The summed E-state index contributed by atoms with van der Waals surface area (Å²) in [4.78, 5) is 6.40. The van der Waals surface area contributed by atoms with E-state index in [9.17, 15) is 0 Å². The van der Waals surface area contributed by atoms with Crippen LogP contribution in [-0.2, 0) is 0 Å². The summed E-state index contributed by atoms with van der Waals surface area (Å²) in [7, 11) is 1.62. The normalized spacial score (nSPS) is 14.6. The molecule has 0 spiro atoms. The minimum absolute atomic E-state index is 0.00655. The Morgan fingerprint density at radius 1 is 1.56 bits per heavy atom. The molecule has 0 saturated heterocycles. The van der Waals surface area contributed by atoms with Crippen molar-refractivity contribution in [3.63, 3.8) is 0 Å². The first-order chi connectivity index (χ1) is 8.63. The second-order valence-electron chi connectivity index (χ2n) is 4.31. The van der Waals surface area contributed by atoms with E-state index in [0.29, 0.717) is 12.4 Å². The summed E-state index contributed by atoms with van der Waals surface area (Å²) in [6.07, 6.45) is 1.71. The van der Waals surface area contributed by atoms with Crippen LogP contribution in [0.1, 0.15) is 25.5 Å². The summed E-state index contributed by atoms with van der Waals surface area (Å²) in [5.41, 5.74) is 6.83. The number of nitrogens with two attached hydrogens (primary N) is 1. The van der Waals surface area contributed by atoms with Crippen LogP contribution in [0.5, 0.6) is 5.88 Å². The van der Waals surface area contributed by atoms with Crippen molar-refractivity contribution >= 4 is 0 Å². The smallest absolute Gasteiger partial charge is 0.217 e. The summed E-state index contributed by atoms with van der Waals surface area (Å²) in [6, 6.07) is 3.82. The summed E-state index contributed by atoms with van der Waals surface area (Å²) in [6.45, 7) is 5.66. The molecule has 0 radical (unpaired) electrons. The Kier molecular flexibility index (Phi) is 6.04. The van der Waals surface area contributed by atoms with E-state index in [1.807, 2.05) is 12.1 Å². The van der Waals surface area contributed by atoms with Crippen molar-refractivity contribution in [1.29, 1.82) is 0 Å². The van der Waals surface area contributed by atoms with Crippen LogP contribution in [0.15, 0.2) is 18.3 Å². The van der Waals surface area contributed by atoms with Gasteiger partial charge in [0.15, 0.2) is 0 Å². The fourth-order valence-electron chi connectivity index (χ4n) is 2.01. The minimum atomic E-state index is -0.227. The summed E-state index contributed by atoms with van der Waals surface area (Å²) in [5, 5.41) is 9.04. The van der Waals surface area contributed by atoms with Crippen LogP contribution in [0, 0.1) is 0 Å². The molecule has 0 aliphatic rings. The Balaban J connectivity index is 2.85. The van der Waals surface area contributed by atoms with E-state index in [1.54, 1.807) is 13.3 Å². The molecular formula is C13H23N3O2. The zero-order valence-electron chi connectivity index (χ0n) is 11.3. The molecular weight excluding hydrogens is 230 g/mol. The van der Waals surface area contributed by atoms with Crippen molar-refractivity contribution in [2.24, 2.45) is 5.73 Å². The van der Waals surface area contributed by atoms with Crippen molar-refractivity contribution < 1.29 is 9.84 Å². The van der Waals surface area contributed by atoms with Crippen molar-refractivity contribution in [2.45, 2.75) is 25.9 Å². The van der Waals surface area contributed by atoms with Crippen molar-refractivity contribution in [2.75, 3.05) is 26.8 Å². The largest absolute Gasteiger partial charge is 0.481 e. The molecule has 0 aromatic carbocycles. The molecule has 0 saturated carbocycles. The summed E-state index contributed by atoms with van der Waals surface area (Å²) in [5.74, 6) is 0.640. The maximum absolute atomic E-state index is 9.04. The maximum Gasteiger partial charge on any atom is 0.217 e. The molecule has 1 aromatic rings. The zero-order chi connectivity index (χ0) is 13.5. The fraction of sp³-hybridized carbons (Fsp3) is 0.615. The molecule has 1 heterocycles. The van der Waals surface area contributed by atoms with Gasteiger partial charge in [-0.25, -0.2) is 4.98 Å². The van der Waals surface area contributed by atoms with E-state index in [4.69, 9.17) is 15.6 Å². The van der Waals surface area contributed by atoms with Gasteiger partial charge in [0.2, 0.25) is 5.88 Å². The van der Waals surface area contributed by atoms with Gasteiger partial charge in [0.05, 0.1) is 13.7 Å². The predicted octanol–water partition coefficient (Wildman–Crippen LogP) is 0.793. The molecule has 2 atom stereocenters. The zero-order valence-corrected chi connectivity index (χ0v) is 11.3. The van der Waals surface area contributed by atoms with Crippen LogP contribution in [0.25, 0.3) is 0 Å². The van der Waals surface area contributed by atoms with E-state index < -0.39 is 0 Å². The molecule has 0 aliphatic heterocycles. The lowest BCUT2D eigenvalue weighted by molar-refractivity contribution is 0.170. The third-order valence-electron chi connectivity index (χ3n) is 3.10. The number of hydrogen-bond acceptors (Lipinski definition) is 5. The van der Waals surface area contributed by atoms with Gasteiger partial charge < -0.3 is 15.6 Å². The number of methoxy groups -OCH3 is 1. The lowest BCUT2D eigenvalue weighted by atomic mass is 10.1. The Morgan fingerprint density at radius 3 is 2.83 bits per heavy atom. The molecule has 1 aromatic heterocycles. The maximum atomic E-state index is 9.04. The summed E-state index contributed by atoms with van der Waals surface area (Å²) >= 11 is 0. The van der Waals surface area contributed by atoms with Crippen LogP contribution < -0.4 is 10.5 Å².